The topological polar surface area (TPSA) is 51.3 Å². The zero-order chi connectivity index (χ0) is 17.9. The van der Waals surface area contributed by atoms with E-state index in [9.17, 15) is 4.79 Å². The number of pyridine rings is 1. The lowest BCUT2D eigenvalue weighted by Crippen LogP contribution is -2.11. The van der Waals surface area contributed by atoms with Gasteiger partial charge in [-0.25, -0.2) is 0 Å². The van der Waals surface area contributed by atoms with Gasteiger partial charge >= 0.3 is 0 Å². The summed E-state index contributed by atoms with van der Waals surface area (Å²) in [6.45, 7) is 7.00. The van der Waals surface area contributed by atoms with E-state index in [1.165, 1.54) is 6.20 Å². The molecule has 0 saturated heterocycles. The maximum Gasteiger partial charge on any atom is 0.271 e. The highest BCUT2D eigenvalue weighted by atomic mass is 16.1. The Kier molecular flexibility index (Phi) is 3.92. The number of carbonyl (C=O) groups is 1. The average Bonchev–Trinajstić information content (AvgIpc) is 3.12. The molecule has 124 valence electrons. The molecule has 0 aliphatic carbocycles. The second-order valence-electron chi connectivity index (χ2n) is 5.76. The molecule has 0 atom stereocenters. The van der Waals surface area contributed by atoms with E-state index in [-0.39, 0.29) is 11.7 Å². The van der Waals surface area contributed by atoms with Gasteiger partial charge in [-0.1, -0.05) is 24.8 Å². The molecule has 26 heavy (non-hydrogen) atoms. The molecular formula is C21H14N4O. The second kappa shape index (κ2) is 6.54. The number of aromatic nitrogens is 2. The van der Waals surface area contributed by atoms with Crippen LogP contribution in [0.4, 0.5) is 11.5 Å². The first kappa shape index (κ1) is 15.6. The Balaban J connectivity index is 1.63. The average molecular weight is 338 g/mol. The molecule has 0 spiro atoms. The Labute approximate surface area is 150 Å². The van der Waals surface area contributed by atoms with Crippen molar-refractivity contribution in [1.82, 2.24) is 9.55 Å². The first-order valence-electron chi connectivity index (χ1n) is 8.06. The molecule has 2 aromatic carbocycles. The fraction of sp³-hybridized carbons (Fsp3) is 0. The Morgan fingerprint density at radius 3 is 2.69 bits per heavy atom. The van der Waals surface area contributed by atoms with Crippen LogP contribution in [0.1, 0.15) is 10.4 Å². The number of carbonyl (C=O) groups excluding carboxylic acids is 1. The summed E-state index contributed by atoms with van der Waals surface area (Å²) in [4.78, 5) is 19.7. The van der Waals surface area contributed by atoms with Crippen molar-refractivity contribution in [3.8, 4) is 5.69 Å². The van der Waals surface area contributed by atoms with E-state index < -0.39 is 0 Å². The third kappa shape index (κ3) is 2.92. The number of para-hydroxylation sites is 1. The minimum atomic E-state index is -0.221. The number of hydrogen-bond donors (Lipinski definition) is 1. The highest BCUT2D eigenvalue weighted by Gasteiger charge is 2.10. The number of hydrogen-bond acceptors (Lipinski definition) is 2. The van der Waals surface area contributed by atoms with E-state index in [1.807, 2.05) is 54.7 Å². The largest absolute Gasteiger partial charge is 0.361 e. The van der Waals surface area contributed by atoms with Crippen LogP contribution >= 0.6 is 0 Å². The van der Waals surface area contributed by atoms with Crippen molar-refractivity contribution in [1.29, 1.82) is 0 Å². The molecule has 4 rings (SSSR count). The number of nitrogens with zero attached hydrogens (tertiary/aromatic N) is 3. The van der Waals surface area contributed by atoms with Gasteiger partial charge in [0, 0.05) is 34.6 Å². The van der Waals surface area contributed by atoms with Crippen molar-refractivity contribution in [2.45, 2.75) is 0 Å². The number of nitrogens with one attached hydrogen (secondary N) is 1. The van der Waals surface area contributed by atoms with E-state index in [2.05, 4.69) is 19.7 Å². The van der Waals surface area contributed by atoms with E-state index in [0.29, 0.717) is 11.3 Å². The van der Waals surface area contributed by atoms with Crippen LogP contribution in [0.5, 0.6) is 0 Å². The van der Waals surface area contributed by atoms with Crippen molar-refractivity contribution in [2.75, 3.05) is 5.32 Å². The van der Waals surface area contributed by atoms with E-state index in [0.717, 1.165) is 16.6 Å². The SMILES string of the molecule is [C-]#[N+]c1cc(NC(=O)c2ccc3c(ccn3-c3ccccc3)c2)ccn1. The first-order valence-corrected chi connectivity index (χ1v) is 8.06. The minimum Gasteiger partial charge on any atom is -0.361 e. The Hall–Kier alpha value is -3.91. The molecule has 0 fully saturated rings. The molecule has 4 aromatic rings. The molecule has 1 N–H and O–H groups in total. The lowest BCUT2D eigenvalue weighted by atomic mass is 10.1. The van der Waals surface area contributed by atoms with Gasteiger partial charge in [-0.15, -0.1) is 4.98 Å². The number of anilines is 1. The van der Waals surface area contributed by atoms with Gasteiger partial charge < -0.3 is 14.7 Å². The summed E-state index contributed by atoms with van der Waals surface area (Å²) in [5, 5.41) is 3.79. The molecule has 0 bridgehead atoms. The van der Waals surface area contributed by atoms with E-state index >= 15 is 0 Å². The van der Waals surface area contributed by atoms with Crippen LogP contribution in [0.15, 0.2) is 79.1 Å². The lowest BCUT2D eigenvalue weighted by molar-refractivity contribution is 0.102. The van der Waals surface area contributed by atoms with Crippen molar-refractivity contribution in [3.05, 3.63) is 96.1 Å². The van der Waals surface area contributed by atoms with Crippen LogP contribution in [0, 0.1) is 6.57 Å². The van der Waals surface area contributed by atoms with Crippen LogP contribution in [-0.4, -0.2) is 15.5 Å². The number of fused-ring (bicyclic) bond motifs is 1. The molecule has 5 nitrogen and oxygen atoms in total. The molecule has 2 aromatic heterocycles. The summed E-state index contributed by atoms with van der Waals surface area (Å²) in [5.41, 5.74) is 3.22. The predicted octanol–water partition coefficient (Wildman–Crippen LogP) is 4.83. The predicted molar refractivity (Wildman–Crippen MR) is 102 cm³/mol. The molecule has 0 saturated carbocycles. The molecule has 1 amide bonds. The van der Waals surface area contributed by atoms with Gasteiger partial charge in [0.15, 0.2) is 0 Å². The van der Waals surface area contributed by atoms with Crippen LogP contribution < -0.4 is 5.32 Å². The van der Waals surface area contributed by atoms with Crippen LogP contribution in [0.3, 0.4) is 0 Å². The summed E-state index contributed by atoms with van der Waals surface area (Å²) in [6.07, 6.45) is 3.50. The van der Waals surface area contributed by atoms with Crippen molar-refractivity contribution in [3.63, 3.8) is 0 Å². The highest BCUT2D eigenvalue weighted by molar-refractivity contribution is 6.06. The normalized spacial score (nSPS) is 10.4. The number of amides is 1. The smallest absolute Gasteiger partial charge is 0.271 e. The summed E-state index contributed by atoms with van der Waals surface area (Å²) < 4.78 is 2.09. The number of benzene rings is 2. The molecule has 0 aliphatic heterocycles. The zero-order valence-electron chi connectivity index (χ0n) is 13.8. The molecular weight excluding hydrogens is 324 g/mol. The highest BCUT2D eigenvalue weighted by Crippen LogP contribution is 2.22. The van der Waals surface area contributed by atoms with Crippen LogP contribution in [0.25, 0.3) is 21.4 Å². The van der Waals surface area contributed by atoms with Gasteiger partial charge in [0.1, 0.15) is 6.20 Å². The molecule has 0 radical (unpaired) electrons. The second-order valence-corrected chi connectivity index (χ2v) is 5.76. The third-order valence-corrected chi connectivity index (χ3v) is 4.10. The van der Waals surface area contributed by atoms with Crippen LogP contribution in [0.2, 0.25) is 0 Å². The maximum absolute atomic E-state index is 12.5. The third-order valence-electron chi connectivity index (χ3n) is 4.10. The quantitative estimate of drug-likeness (QED) is 0.544. The summed E-state index contributed by atoms with van der Waals surface area (Å²) >= 11 is 0. The van der Waals surface area contributed by atoms with Gasteiger partial charge in [0.25, 0.3) is 11.7 Å². The standard InChI is InChI=1S/C21H14N4O/c1-22-20-14-17(9-11-23-20)24-21(26)16-7-8-19-15(13-16)10-12-25(19)18-5-3-2-4-6-18/h2-14H,(H,23,24,26). The minimum absolute atomic E-state index is 0.221. The van der Waals surface area contributed by atoms with Gasteiger partial charge in [-0.05, 0) is 42.5 Å². The molecule has 2 heterocycles. The van der Waals surface area contributed by atoms with Gasteiger partial charge in [0.2, 0.25) is 0 Å². The Bertz CT molecular complexity index is 1140. The molecule has 0 unspecified atom stereocenters. The van der Waals surface area contributed by atoms with E-state index in [4.69, 9.17) is 6.57 Å². The van der Waals surface area contributed by atoms with Crippen LogP contribution in [-0.2, 0) is 0 Å². The van der Waals surface area contributed by atoms with Crippen molar-refractivity contribution >= 4 is 28.3 Å². The van der Waals surface area contributed by atoms with Gasteiger partial charge in [0.05, 0.1) is 5.52 Å². The summed E-state index contributed by atoms with van der Waals surface area (Å²) in [6, 6.07) is 20.9. The zero-order valence-corrected chi connectivity index (χ0v) is 13.8. The molecule has 5 heteroatoms. The fourth-order valence-electron chi connectivity index (χ4n) is 2.86. The fourth-order valence-corrected chi connectivity index (χ4v) is 2.86. The van der Waals surface area contributed by atoms with Gasteiger partial charge in [-0.3, -0.25) is 4.79 Å². The Morgan fingerprint density at radius 2 is 1.88 bits per heavy atom. The van der Waals surface area contributed by atoms with E-state index in [1.54, 1.807) is 18.2 Å². The molecule has 0 aliphatic rings. The summed E-state index contributed by atoms with van der Waals surface area (Å²) in [5.74, 6) is 0.0275. The van der Waals surface area contributed by atoms with Crippen molar-refractivity contribution in [2.24, 2.45) is 0 Å². The van der Waals surface area contributed by atoms with Gasteiger partial charge in [-0.2, -0.15) is 0 Å². The first-order chi connectivity index (χ1) is 12.7. The Morgan fingerprint density at radius 1 is 1.04 bits per heavy atom. The van der Waals surface area contributed by atoms with Crippen molar-refractivity contribution < 1.29 is 4.79 Å². The summed E-state index contributed by atoms with van der Waals surface area (Å²) in [7, 11) is 0. The monoisotopic (exact) mass is 338 g/mol. The maximum atomic E-state index is 12.5. The number of rotatable bonds is 3. The lowest BCUT2D eigenvalue weighted by Gasteiger charge is -2.07.